The second-order valence-electron chi connectivity index (χ2n) is 1.84. The molecule has 0 aromatic carbocycles. The fourth-order valence-corrected chi connectivity index (χ4v) is 0.810. The summed E-state index contributed by atoms with van der Waals surface area (Å²) in [7, 11) is -4.69. The third kappa shape index (κ3) is 6.24. The Morgan fingerprint density at radius 3 is 2.31 bits per heavy atom. The first-order valence-electron chi connectivity index (χ1n) is 3.08. The molecule has 0 amide bonds. The molecule has 0 saturated carbocycles. The third-order valence-electron chi connectivity index (χ3n) is 0.833. The van der Waals surface area contributed by atoms with E-state index in [1.54, 1.807) is 0 Å². The molecule has 0 saturated heterocycles. The van der Waals surface area contributed by atoms with Crippen molar-refractivity contribution in [1.29, 1.82) is 0 Å². The van der Waals surface area contributed by atoms with E-state index in [0.717, 1.165) is 12.2 Å². The van der Waals surface area contributed by atoms with Crippen molar-refractivity contribution < 1.29 is 28.4 Å². The number of phosphoric acid groups is 1. The minimum absolute atomic E-state index is 0.833. The number of hydrogen-bond donors (Lipinski definition) is 2. The van der Waals surface area contributed by atoms with Gasteiger partial charge in [-0.3, -0.25) is 0 Å². The zero-order valence-corrected chi connectivity index (χ0v) is 7.52. The predicted molar refractivity (Wildman–Crippen MR) is 43.4 cm³/mol. The van der Waals surface area contributed by atoms with Crippen LogP contribution in [0.1, 0.15) is 0 Å². The van der Waals surface area contributed by atoms with E-state index in [-0.39, 0.29) is 0 Å². The molecule has 2 N–H and O–H groups in total. The smallest absolute Gasteiger partial charge is 0.428 e. The molecule has 6 nitrogen and oxygen atoms in total. The van der Waals surface area contributed by atoms with Gasteiger partial charge in [0.05, 0.1) is 0 Å². The van der Waals surface area contributed by atoms with E-state index in [2.05, 4.69) is 22.4 Å². The highest BCUT2D eigenvalue weighted by Gasteiger charge is 2.21. The largest absolute Gasteiger partial charge is 0.472 e. The Hall–Kier alpha value is -0.940. The molecule has 0 heterocycles. The first-order chi connectivity index (χ1) is 5.89. The highest BCUT2D eigenvalue weighted by molar-refractivity contribution is 7.46. The average Bonchev–Trinajstić information content (AvgIpc) is 2.00. The maximum Gasteiger partial charge on any atom is 0.472 e. The number of ether oxygens (including phenoxy) is 1. The summed E-state index contributed by atoms with van der Waals surface area (Å²) in [5, 5.41) is 0. The van der Waals surface area contributed by atoms with Crippen LogP contribution in [0, 0.1) is 0 Å². The van der Waals surface area contributed by atoms with Gasteiger partial charge in [-0.25, -0.2) is 13.9 Å². The van der Waals surface area contributed by atoms with Crippen LogP contribution in [0.15, 0.2) is 25.3 Å². The van der Waals surface area contributed by atoms with Gasteiger partial charge in [-0.2, -0.15) is 0 Å². The summed E-state index contributed by atoms with van der Waals surface area (Å²) in [5.41, 5.74) is 0. The third-order valence-corrected chi connectivity index (χ3v) is 1.32. The molecule has 1 unspecified atom stereocenters. The molecule has 0 aliphatic carbocycles. The van der Waals surface area contributed by atoms with Crippen LogP contribution >= 0.6 is 7.82 Å². The normalized spacial score (nSPS) is 13.1. The van der Waals surface area contributed by atoms with Gasteiger partial charge in [0.15, 0.2) is 0 Å². The Morgan fingerprint density at radius 2 is 2.00 bits per heavy atom. The molecule has 0 radical (unpaired) electrons. The number of carbonyl (C=O) groups is 1. The first kappa shape index (κ1) is 12.1. The van der Waals surface area contributed by atoms with Crippen LogP contribution in [-0.4, -0.2) is 22.0 Å². The summed E-state index contributed by atoms with van der Waals surface area (Å²) in [6.07, 6.45) is 0.284. The number of carbonyl (C=O) groups excluding carboxylic acids is 1. The van der Waals surface area contributed by atoms with E-state index >= 15 is 0 Å². The van der Waals surface area contributed by atoms with Crippen LogP contribution in [-0.2, 0) is 18.6 Å². The lowest BCUT2D eigenvalue weighted by Crippen LogP contribution is -2.16. The molecule has 74 valence electrons. The van der Waals surface area contributed by atoms with Crippen molar-refractivity contribution in [1.82, 2.24) is 0 Å². The van der Waals surface area contributed by atoms with Gasteiger partial charge in [-0.05, 0) is 6.08 Å². The summed E-state index contributed by atoms with van der Waals surface area (Å²) in [6.45, 7) is 6.24. The lowest BCUT2D eigenvalue weighted by molar-refractivity contribution is -0.152. The minimum atomic E-state index is -4.69. The highest BCUT2D eigenvalue weighted by atomic mass is 31.2. The second kappa shape index (κ2) is 4.94. The molecule has 0 fully saturated rings. The van der Waals surface area contributed by atoms with Crippen LogP contribution in [0.4, 0.5) is 0 Å². The van der Waals surface area contributed by atoms with E-state index < -0.39 is 20.1 Å². The van der Waals surface area contributed by atoms with Crippen molar-refractivity contribution in [3.63, 3.8) is 0 Å². The van der Waals surface area contributed by atoms with Crippen LogP contribution in [0.2, 0.25) is 0 Å². The Balaban J connectivity index is 4.20. The van der Waals surface area contributed by atoms with Gasteiger partial charge in [-0.15, -0.1) is 0 Å². The topological polar surface area (TPSA) is 93.1 Å². The first-order valence-corrected chi connectivity index (χ1v) is 4.61. The number of phosphoric ester groups is 1. The molecule has 0 rings (SSSR count). The fraction of sp³-hybridized carbons (Fsp3) is 0.167. The van der Waals surface area contributed by atoms with Crippen molar-refractivity contribution in [2.45, 2.75) is 6.29 Å². The van der Waals surface area contributed by atoms with Gasteiger partial charge in [0, 0.05) is 6.08 Å². The quantitative estimate of drug-likeness (QED) is 0.222. The zero-order chi connectivity index (χ0) is 10.5. The van der Waals surface area contributed by atoms with Crippen LogP contribution in [0.25, 0.3) is 0 Å². The lowest BCUT2D eigenvalue weighted by Gasteiger charge is -2.13. The average molecular weight is 208 g/mol. The van der Waals surface area contributed by atoms with Gasteiger partial charge >= 0.3 is 13.8 Å². The molecule has 13 heavy (non-hydrogen) atoms. The Morgan fingerprint density at radius 1 is 1.46 bits per heavy atom. The molecule has 7 heteroatoms. The lowest BCUT2D eigenvalue weighted by atomic mass is 10.6. The van der Waals surface area contributed by atoms with E-state index in [1.165, 1.54) is 0 Å². The van der Waals surface area contributed by atoms with Crippen molar-refractivity contribution >= 4 is 13.8 Å². The van der Waals surface area contributed by atoms with Crippen molar-refractivity contribution in [3.05, 3.63) is 25.3 Å². The molecular weight excluding hydrogens is 199 g/mol. The summed E-state index contributed by atoms with van der Waals surface area (Å²) in [4.78, 5) is 27.2. The van der Waals surface area contributed by atoms with Gasteiger partial charge in [0.1, 0.15) is 0 Å². The Bertz CT molecular complexity index is 254. The molecule has 0 aromatic heterocycles. The van der Waals surface area contributed by atoms with Crippen molar-refractivity contribution in [2.75, 3.05) is 0 Å². The highest BCUT2D eigenvalue weighted by Crippen LogP contribution is 2.37. The van der Waals surface area contributed by atoms with E-state index in [9.17, 15) is 9.36 Å². The van der Waals surface area contributed by atoms with Crippen molar-refractivity contribution in [3.8, 4) is 0 Å². The van der Waals surface area contributed by atoms with E-state index in [0.29, 0.717) is 0 Å². The summed E-state index contributed by atoms with van der Waals surface area (Å²) in [6, 6.07) is 0. The molecule has 0 aliphatic heterocycles. The molecule has 1 atom stereocenters. The SMILES string of the molecule is C=CC(=O)OC(C=C)OP(=O)(O)O. The predicted octanol–water partition coefficient (Wildman–Crippen LogP) is 0.337. The van der Waals surface area contributed by atoms with E-state index in [1.807, 2.05) is 0 Å². The summed E-state index contributed by atoms with van der Waals surface area (Å²) >= 11 is 0. The monoisotopic (exact) mass is 208 g/mol. The van der Waals surface area contributed by atoms with Crippen LogP contribution in [0.5, 0.6) is 0 Å². The standard InChI is InChI=1S/C6H9O6P/c1-3-5(7)11-6(4-2)12-13(8,9)10/h3-4,6H,1-2H2,(H2,8,9,10). The minimum Gasteiger partial charge on any atom is -0.428 e. The Kier molecular flexibility index (Phi) is 4.58. The van der Waals surface area contributed by atoms with Gasteiger partial charge < -0.3 is 14.5 Å². The number of hydrogen-bond acceptors (Lipinski definition) is 4. The second-order valence-corrected chi connectivity index (χ2v) is 3.03. The molecule has 0 bridgehead atoms. The maximum absolute atomic E-state index is 10.5. The number of esters is 1. The van der Waals surface area contributed by atoms with Crippen molar-refractivity contribution in [2.24, 2.45) is 0 Å². The summed E-state index contributed by atoms with van der Waals surface area (Å²) < 4.78 is 18.6. The van der Waals surface area contributed by atoms with Gasteiger partial charge in [-0.1, -0.05) is 13.2 Å². The van der Waals surface area contributed by atoms with E-state index in [4.69, 9.17) is 9.79 Å². The molecule has 0 aromatic rings. The molecular formula is C6H9O6P. The van der Waals surface area contributed by atoms with Gasteiger partial charge in [0.25, 0.3) is 0 Å². The van der Waals surface area contributed by atoms with Crippen LogP contribution < -0.4 is 0 Å². The maximum atomic E-state index is 10.5. The summed E-state index contributed by atoms with van der Waals surface area (Å²) in [5.74, 6) is -0.863. The number of rotatable bonds is 5. The fourth-order valence-electron chi connectivity index (χ4n) is 0.411. The van der Waals surface area contributed by atoms with Gasteiger partial charge in [0.2, 0.25) is 6.29 Å². The Labute approximate surface area is 74.7 Å². The molecule has 0 aliphatic rings. The molecule has 0 spiro atoms. The zero-order valence-electron chi connectivity index (χ0n) is 6.62. The van der Waals surface area contributed by atoms with Crippen LogP contribution in [0.3, 0.4) is 0 Å².